The van der Waals surface area contributed by atoms with Crippen LogP contribution in [0.5, 0.6) is 0 Å². The van der Waals surface area contributed by atoms with Gasteiger partial charge in [-0.25, -0.2) is 9.78 Å². The van der Waals surface area contributed by atoms with Crippen LogP contribution in [0.2, 0.25) is 0 Å². The van der Waals surface area contributed by atoms with Gasteiger partial charge in [0, 0.05) is 19.0 Å². The van der Waals surface area contributed by atoms with E-state index in [2.05, 4.69) is 9.97 Å². The molecule has 0 spiro atoms. The summed E-state index contributed by atoms with van der Waals surface area (Å²) in [4.78, 5) is 37.1. The highest BCUT2D eigenvalue weighted by Crippen LogP contribution is 1.99. The Hall–Kier alpha value is -2.22. The van der Waals surface area contributed by atoms with Crippen molar-refractivity contribution in [2.45, 2.75) is 32.7 Å². The summed E-state index contributed by atoms with van der Waals surface area (Å²) >= 11 is 0. The Kier molecular flexibility index (Phi) is 7.83. The number of imidazole rings is 1. The number of carbonyl (C=O) groups is 3. The SMILES string of the molecule is CC(C)CC(=O)C(=O)O.N[C@@H](Cc1c[nH]cn1)C(=O)O. The largest absolute Gasteiger partial charge is 0.480 e. The van der Waals surface area contributed by atoms with Gasteiger partial charge >= 0.3 is 11.9 Å². The Balaban J connectivity index is 0.000000370. The van der Waals surface area contributed by atoms with Crippen LogP contribution in [-0.2, 0) is 20.8 Å². The average Bonchev–Trinajstić information content (AvgIpc) is 2.81. The Morgan fingerprint density at radius 3 is 2.25 bits per heavy atom. The van der Waals surface area contributed by atoms with Gasteiger partial charge in [-0.2, -0.15) is 0 Å². The molecule has 0 radical (unpaired) electrons. The molecule has 0 unspecified atom stereocenters. The molecule has 0 fully saturated rings. The maximum Gasteiger partial charge on any atom is 0.372 e. The summed E-state index contributed by atoms with van der Waals surface area (Å²) in [6.07, 6.45) is 3.51. The maximum atomic E-state index is 10.4. The van der Waals surface area contributed by atoms with Crippen LogP contribution in [-0.4, -0.2) is 43.9 Å². The highest BCUT2D eigenvalue weighted by molar-refractivity contribution is 6.32. The molecular weight excluding hydrogens is 266 g/mol. The van der Waals surface area contributed by atoms with E-state index in [-0.39, 0.29) is 18.8 Å². The van der Waals surface area contributed by atoms with E-state index in [9.17, 15) is 14.4 Å². The van der Waals surface area contributed by atoms with E-state index in [4.69, 9.17) is 15.9 Å². The Labute approximate surface area is 116 Å². The molecule has 0 saturated heterocycles. The lowest BCUT2D eigenvalue weighted by atomic mass is 10.1. The van der Waals surface area contributed by atoms with E-state index in [0.717, 1.165) is 0 Å². The van der Waals surface area contributed by atoms with Crippen molar-refractivity contribution in [1.29, 1.82) is 0 Å². The highest BCUT2D eigenvalue weighted by Gasteiger charge is 2.12. The second-order valence-corrected chi connectivity index (χ2v) is 4.54. The molecule has 8 heteroatoms. The van der Waals surface area contributed by atoms with Gasteiger partial charge < -0.3 is 20.9 Å². The molecule has 0 saturated carbocycles. The topological polar surface area (TPSA) is 146 Å². The van der Waals surface area contributed by atoms with Crippen LogP contribution >= 0.6 is 0 Å². The lowest BCUT2D eigenvalue weighted by Gasteiger charge is -2.01. The van der Waals surface area contributed by atoms with Crippen LogP contribution in [0.3, 0.4) is 0 Å². The van der Waals surface area contributed by atoms with Crippen LogP contribution in [0.1, 0.15) is 26.0 Å². The maximum absolute atomic E-state index is 10.4. The highest BCUT2D eigenvalue weighted by atomic mass is 16.4. The molecule has 0 aliphatic carbocycles. The number of aromatic amines is 1. The fraction of sp³-hybridized carbons (Fsp3) is 0.500. The van der Waals surface area contributed by atoms with Crippen molar-refractivity contribution in [3.63, 3.8) is 0 Å². The molecule has 0 aliphatic heterocycles. The number of hydrogen-bond donors (Lipinski definition) is 4. The summed E-state index contributed by atoms with van der Waals surface area (Å²) < 4.78 is 0. The number of H-pyrrole nitrogens is 1. The average molecular weight is 285 g/mol. The first-order chi connectivity index (χ1) is 9.23. The molecule has 112 valence electrons. The van der Waals surface area contributed by atoms with E-state index in [1.165, 1.54) is 6.33 Å². The van der Waals surface area contributed by atoms with E-state index in [0.29, 0.717) is 5.69 Å². The number of nitrogens with one attached hydrogen (secondary N) is 1. The Bertz CT molecular complexity index is 442. The number of hydrogen-bond acceptors (Lipinski definition) is 5. The van der Waals surface area contributed by atoms with Crippen LogP contribution in [0.25, 0.3) is 0 Å². The number of ketones is 1. The lowest BCUT2D eigenvalue weighted by Crippen LogP contribution is -2.32. The molecule has 20 heavy (non-hydrogen) atoms. The summed E-state index contributed by atoms with van der Waals surface area (Å²) in [6.45, 7) is 3.61. The van der Waals surface area contributed by atoms with Crippen LogP contribution in [0.15, 0.2) is 12.5 Å². The van der Waals surface area contributed by atoms with Gasteiger partial charge in [0.2, 0.25) is 5.78 Å². The van der Waals surface area contributed by atoms with Crippen LogP contribution < -0.4 is 5.73 Å². The summed E-state index contributed by atoms with van der Waals surface area (Å²) in [6, 6.07) is -0.863. The predicted octanol–water partition coefficient (Wildman–Crippen LogP) is 0.0503. The molecule has 1 rings (SSSR count). The van der Waals surface area contributed by atoms with Crippen molar-refractivity contribution < 1.29 is 24.6 Å². The third kappa shape index (κ3) is 7.98. The minimum atomic E-state index is -1.33. The molecule has 1 heterocycles. The van der Waals surface area contributed by atoms with Crippen molar-refractivity contribution >= 4 is 17.7 Å². The number of aliphatic carboxylic acids is 2. The van der Waals surface area contributed by atoms with Crippen LogP contribution in [0, 0.1) is 5.92 Å². The number of carboxylic acids is 2. The van der Waals surface area contributed by atoms with Crippen LogP contribution in [0.4, 0.5) is 0 Å². The van der Waals surface area contributed by atoms with Crippen molar-refractivity contribution in [1.82, 2.24) is 9.97 Å². The molecule has 1 aromatic heterocycles. The first-order valence-electron chi connectivity index (χ1n) is 5.96. The molecule has 5 N–H and O–H groups in total. The van der Waals surface area contributed by atoms with E-state index in [1.807, 2.05) is 0 Å². The Morgan fingerprint density at radius 2 is 1.95 bits per heavy atom. The number of Topliss-reactive ketones (excluding diaryl/α,β-unsaturated/α-hetero) is 1. The third-order valence-electron chi connectivity index (χ3n) is 2.13. The predicted molar refractivity (Wildman–Crippen MR) is 70.0 cm³/mol. The van der Waals surface area contributed by atoms with Gasteiger partial charge in [-0.05, 0) is 5.92 Å². The number of aromatic nitrogens is 2. The molecule has 0 aromatic carbocycles. The van der Waals surface area contributed by atoms with E-state index in [1.54, 1.807) is 20.0 Å². The van der Waals surface area contributed by atoms with Crippen molar-refractivity contribution in [2.75, 3.05) is 0 Å². The summed E-state index contributed by atoms with van der Waals surface area (Å²) in [7, 11) is 0. The van der Waals surface area contributed by atoms with Gasteiger partial charge in [0.15, 0.2) is 0 Å². The minimum Gasteiger partial charge on any atom is -0.480 e. The summed E-state index contributed by atoms with van der Waals surface area (Å²) in [5, 5.41) is 16.5. The summed E-state index contributed by atoms with van der Waals surface area (Å²) in [5.74, 6) is -2.91. The lowest BCUT2D eigenvalue weighted by molar-refractivity contribution is -0.149. The number of carboxylic acid groups (broad SMARTS) is 2. The molecule has 1 aromatic rings. The quantitative estimate of drug-likeness (QED) is 0.540. The number of nitrogens with two attached hydrogens (primary N) is 1. The fourth-order valence-electron chi connectivity index (χ4n) is 1.17. The fourth-order valence-corrected chi connectivity index (χ4v) is 1.17. The zero-order chi connectivity index (χ0) is 15.7. The minimum absolute atomic E-state index is 0.133. The van der Waals surface area contributed by atoms with E-state index < -0.39 is 23.8 Å². The standard InChI is InChI=1S/C6H9N3O2.C6H10O3/c7-5(6(10)11)1-4-2-8-3-9-4;1-4(2)3-5(7)6(8)9/h2-3,5H,1,7H2,(H,8,9)(H,10,11);4H,3H2,1-2H3,(H,8,9)/t5-;/m0./s1. The van der Waals surface area contributed by atoms with Gasteiger partial charge in [0.25, 0.3) is 0 Å². The van der Waals surface area contributed by atoms with Crippen molar-refractivity contribution in [2.24, 2.45) is 11.7 Å². The zero-order valence-corrected chi connectivity index (χ0v) is 11.4. The van der Waals surface area contributed by atoms with Gasteiger partial charge in [0.05, 0.1) is 12.0 Å². The third-order valence-corrected chi connectivity index (χ3v) is 2.13. The second kappa shape index (κ2) is 8.81. The molecular formula is C12H19N3O5. The summed E-state index contributed by atoms with van der Waals surface area (Å²) in [5.41, 5.74) is 5.92. The van der Waals surface area contributed by atoms with E-state index >= 15 is 0 Å². The van der Waals surface area contributed by atoms with Crippen molar-refractivity contribution in [3.8, 4) is 0 Å². The second-order valence-electron chi connectivity index (χ2n) is 4.54. The van der Waals surface area contributed by atoms with Gasteiger partial charge in [-0.3, -0.25) is 9.59 Å². The number of rotatable bonds is 6. The first kappa shape index (κ1) is 17.8. The number of carbonyl (C=O) groups excluding carboxylic acids is 1. The molecule has 1 atom stereocenters. The molecule has 0 aliphatic rings. The van der Waals surface area contributed by atoms with Gasteiger partial charge in [0.1, 0.15) is 6.04 Å². The normalized spacial score (nSPS) is 11.4. The van der Waals surface area contributed by atoms with Gasteiger partial charge in [-0.15, -0.1) is 0 Å². The molecule has 0 bridgehead atoms. The zero-order valence-electron chi connectivity index (χ0n) is 11.4. The molecule has 8 nitrogen and oxygen atoms in total. The van der Waals surface area contributed by atoms with Crippen molar-refractivity contribution in [3.05, 3.63) is 18.2 Å². The smallest absolute Gasteiger partial charge is 0.372 e. The Morgan fingerprint density at radius 1 is 1.35 bits per heavy atom. The van der Waals surface area contributed by atoms with Gasteiger partial charge in [-0.1, -0.05) is 13.8 Å². The first-order valence-corrected chi connectivity index (χ1v) is 5.96. The molecule has 0 amide bonds. The number of nitrogens with zero attached hydrogens (tertiary/aromatic N) is 1. The monoisotopic (exact) mass is 285 g/mol.